The van der Waals surface area contributed by atoms with Gasteiger partial charge in [-0.05, 0) is 35.6 Å². The maximum Gasteiger partial charge on any atom is 0.416 e. The van der Waals surface area contributed by atoms with Crippen LogP contribution in [-0.2, 0) is 6.42 Å². The molecule has 1 atom stereocenters. The largest absolute Gasteiger partial charge is 0.506 e. The highest BCUT2D eigenvalue weighted by molar-refractivity contribution is 5.81. The average molecular weight is 400 g/mol. The molecule has 3 aromatic heterocycles. The quantitative estimate of drug-likeness (QED) is 0.579. The van der Waals surface area contributed by atoms with Gasteiger partial charge in [-0.2, -0.15) is 13.2 Å². The van der Waals surface area contributed by atoms with Crippen LogP contribution in [0, 0.1) is 5.92 Å². The highest BCUT2D eigenvalue weighted by atomic mass is 19.4. The van der Waals surface area contributed by atoms with Crippen molar-refractivity contribution in [2.75, 3.05) is 11.9 Å². The van der Waals surface area contributed by atoms with Crippen LogP contribution in [0.25, 0.3) is 11.0 Å². The van der Waals surface area contributed by atoms with Crippen LogP contribution in [-0.4, -0.2) is 32.8 Å². The Labute approximate surface area is 165 Å². The first kappa shape index (κ1) is 19.0. The number of alkyl halides is 3. The van der Waals surface area contributed by atoms with Crippen molar-refractivity contribution in [2.24, 2.45) is 5.92 Å². The van der Waals surface area contributed by atoms with Gasteiger partial charge in [-0.1, -0.05) is 24.3 Å². The van der Waals surface area contributed by atoms with Crippen molar-refractivity contribution in [2.45, 2.75) is 19.0 Å². The highest BCUT2D eigenvalue weighted by Gasteiger charge is 2.32. The lowest BCUT2D eigenvalue weighted by Crippen LogP contribution is -2.18. The van der Waals surface area contributed by atoms with Crippen LogP contribution in [0.3, 0.4) is 0 Å². The van der Waals surface area contributed by atoms with Gasteiger partial charge in [0.2, 0.25) is 0 Å². The van der Waals surface area contributed by atoms with Crippen molar-refractivity contribution in [3.8, 4) is 5.75 Å². The molecule has 0 bridgehead atoms. The third-order valence-corrected chi connectivity index (χ3v) is 4.88. The summed E-state index contributed by atoms with van der Waals surface area (Å²) in [7, 11) is 0. The van der Waals surface area contributed by atoms with E-state index in [2.05, 4.69) is 20.3 Å². The SMILES string of the molecule is Oc1cnc2[nH]cc(Cc3ccc(NCC4C=CC(C(F)(F)F)=CC4)nc3)c2c1. The van der Waals surface area contributed by atoms with E-state index >= 15 is 0 Å². The zero-order chi connectivity index (χ0) is 20.4. The molecule has 3 heterocycles. The third kappa shape index (κ3) is 4.42. The Bertz CT molecular complexity index is 1070. The zero-order valence-electron chi connectivity index (χ0n) is 15.4. The van der Waals surface area contributed by atoms with E-state index in [1.54, 1.807) is 18.3 Å². The van der Waals surface area contributed by atoms with E-state index in [0.717, 1.165) is 22.6 Å². The second kappa shape index (κ2) is 7.62. The summed E-state index contributed by atoms with van der Waals surface area (Å²) in [6, 6.07) is 5.47. The summed E-state index contributed by atoms with van der Waals surface area (Å²) in [6.07, 6.45) is 5.67. The number of H-pyrrole nitrogens is 1. The summed E-state index contributed by atoms with van der Waals surface area (Å²) in [5, 5.41) is 13.7. The lowest BCUT2D eigenvalue weighted by Gasteiger charge is -2.18. The number of aromatic amines is 1. The van der Waals surface area contributed by atoms with Gasteiger partial charge in [0.25, 0.3) is 0 Å². The molecule has 0 saturated heterocycles. The second-order valence-corrected chi connectivity index (χ2v) is 7.03. The predicted molar refractivity (Wildman–Crippen MR) is 105 cm³/mol. The normalized spacial score (nSPS) is 16.8. The number of nitrogens with one attached hydrogen (secondary N) is 2. The Kier molecular flexibility index (Phi) is 5.00. The van der Waals surface area contributed by atoms with E-state index in [9.17, 15) is 18.3 Å². The Morgan fingerprint density at radius 1 is 1.21 bits per heavy atom. The van der Waals surface area contributed by atoms with Gasteiger partial charge < -0.3 is 15.4 Å². The summed E-state index contributed by atoms with van der Waals surface area (Å²) in [5.74, 6) is 0.782. The van der Waals surface area contributed by atoms with Crippen LogP contribution in [0.5, 0.6) is 5.75 Å². The summed E-state index contributed by atoms with van der Waals surface area (Å²) in [4.78, 5) is 11.6. The number of allylic oxidation sites excluding steroid dienone is 3. The third-order valence-electron chi connectivity index (χ3n) is 4.88. The van der Waals surface area contributed by atoms with E-state index < -0.39 is 11.7 Å². The number of halogens is 3. The predicted octanol–water partition coefficient (Wildman–Crippen LogP) is 4.73. The molecule has 0 amide bonds. The summed E-state index contributed by atoms with van der Waals surface area (Å²) in [6.45, 7) is 0.512. The minimum Gasteiger partial charge on any atom is -0.506 e. The lowest BCUT2D eigenvalue weighted by atomic mass is 9.96. The van der Waals surface area contributed by atoms with Gasteiger partial charge in [-0.3, -0.25) is 0 Å². The Hall–Kier alpha value is -3.29. The molecule has 0 spiro atoms. The molecule has 0 radical (unpaired) electrons. The van der Waals surface area contributed by atoms with E-state index in [1.807, 2.05) is 18.3 Å². The maximum absolute atomic E-state index is 12.6. The van der Waals surface area contributed by atoms with Gasteiger partial charge >= 0.3 is 6.18 Å². The molecule has 0 aliphatic heterocycles. The van der Waals surface area contributed by atoms with E-state index in [0.29, 0.717) is 30.9 Å². The topological polar surface area (TPSA) is 73.8 Å². The number of fused-ring (bicyclic) bond motifs is 1. The molecule has 0 fully saturated rings. The monoisotopic (exact) mass is 400 g/mol. The first-order valence-electron chi connectivity index (χ1n) is 9.18. The number of aromatic nitrogens is 3. The number of pyridine rings is 2. The second-order valence-electron chi connectivity index (χ2n) is 7.03. The molecular formula is C21H19F3N4O. The van der Waals surface area contributed by atoms with E-state index in [4.69, 9.17) is 0 Å². The Balaban J connectivity index is 1.34. The van der Waals surface area contributed by atoms with E-state index in [-0.39, 0.29) is 11.7 Å². The molecule has 1 aliphatic rings. The van der Waals surface area contributed by atoms with Gasteiger partial charge in [0, 0.05) is 30.7 Å². The molecule has 0 aromatic carbocycles. The zero-order valence-corrected chi connectivity index (χ0v) is 15.4. The summed E-state index contributed by atoms with van der Waals surface area (Å²) < 4.78 is 37.9. The van der Waals surface area contributed by atoms with Crippen molar-refractivity contribution < 1.29 is 18.3 Å². The van der Waals surface area contributed by atoms with Crippen LogP contribution in [0.4, 0.5) is 19.0 Å². The molecule has 8 heteroatoms. The number of anilines is 1. The Morgan fingerprint density at radius 3 is 2.76 bits per heavy atom. The Morgan fingerprint density at radius 2 is 2.07 bits per heavy atom. The molecule has 1 unspecified atom stereocenters. The van der Waals surface area contributed by atoms with Gasteiger partial charge in [0.1, 0.15) is 17.2 Å². The molecule has 4 rings (SSSR count). The lowest BCUT2D eigenvalue weighted by molar-refractivity contribution is -0.0887. The minimum atomic E-state index is -4.29. The minimum absolute atomic E-state index is 0.00558. The number of hydrogen-bond acceptors (Lipinski definition) is 4. The number of hydrogen-bond donors (Lipinski definition) is 3. The summed E-state index contributed by atoms with van der Waals surface area (Å²) in [5.41, 5.74) is 2.13. The van der Waals surface area contributed by atoms with Gasteiger partial charge in [0.15, 0.2) is 0 Å². The van der Waals surface area contributed by atoms with Crippen molar-refractivity contribution in [1.82, 2.24) is 15.0 Å². The molecule has 5 nitrogen and oxygen atoms in total. The van der Waals surface area contributed by atoms with E-state index in [1.165, 1.54) is 12.3 Å². The van der Waals surface area contributed by atoms with Crippen molar-refractivity contribution >= 4 is 16.9 Å². The van der Waals surface area contributed by atoms with Crippen LogP contribution in [0.15, 0.2) is 60.6 Å². The molecule has 0 saturated carbocycles. The van der Waals surface area contributed by atoms with Crippen molar-refractivity contribution in [3.05, 3.63) is 71.7 Å². The van der Waals surface area contributed by atoms with Crippen molar-refractivity contribution in [3.63, 3.8) is 0 Å². The number of rotatable bonds is 5. The molecule has 150 valence electrons. The standard InChI is InChI=1S/C21H19F3N4O/c22-21(23,24)16-4-1-13(2-5-16)9-25-19-6-3-14(10-26-19)7-15-11-27-20-18(15)8-17(29)12-28-20/h1,3-6,8,10-13,29H,2,7,9H2,(H,25,26)(H,27,28). The average Bonchev–Trinajstić information content (AvgIpc) is 3.09. The molecule has 1 aliphatic carbocycles. The first-order valence-corrected chi connectivity index (χ1v) is 9.18. The fourth-order valence-corrected chi connectivity index (χ4v) is 3.31. The van der Waals surface area contributed by atoms with Crippen LogP contribution < -0.4 is 5.32 Å². The van der Waals surface area contributed by atoms with Crippen LogP contribution >= 0.6 is 0 Å². The highest BCUT2D eigenvalue weighted by Crippen LogP contribution is 2.31. The first-order chi connectivity index (χ1) is 13.9. The van der Waals surface area contributed by atoms with Crippen LogP contribution in [0.2, 0.25) is 0 Å². The molecule has 3 aromatic rings. The van der Waals surface area contributed by atoms with Crippen LogP contribution in [0.1, 0.15) is 17.5 Å². The smallest absolute Gasteiger partial charge is 0.416 e. The number of nitrogens with zero attached hydrogens (tertiary/aromatic N) is 2. The molecule has 3 N–H and O–H groups in total. The molecule has 29 heavy (non-hydrogen) atoms. The van der Waals surface area contributed by atoms with Gasteiger partial charge in [0.05, 0.1) is 11.8 Å². The fraction of sp³-hybridized carbons (Fsp3) is 0.238. The summed E-state index contributed by atoms with van der Waals surface area (Å²) >= 11 is 0. The van der Waals surface area contributed by atoms with Crippen molar-refractivity contribution in [1.29, 1.82) is 0 Å². The fourth-order valence-electron chi connectivity index (χ4n) is 3.31. The van der Waals surface area contributed by atoms with Gasteiger partial charge in [-0.25, -0.2) is 9.97 Å². The number of aromatic hydroxyl groups is 1. The maximum atomic E-state index is 12.6. The molecular weight excluding hydrogens is 381 g/mol. The van der Waals surface area contributed by atoms with Gasteiger partial charge in [-0.15, -0.1) is 0 Å².